The number of hydrogen-bond acceptors (Lipinski definition) is 3. The molecule has 0 saturated heterocycles. The van der Waals surface area contributed by atoms with Crippen molar-refractivity contribution < 1.29 is 13.3 Å². The summed E-state index contributed by atoms with van der Waals surface area (Å²) in [4.78, 5) is 0. The quantitative estimate of drug-likeness (QED) is 0.644. The lowest BCUT2D eigenvalue weighted by Gasteiger charge is -2.43. The average molecular weight is 228 g/mol. The standard InChI is InChI=1S/C7H18B2O3Si2/c1-7(2,13(5,8)10-3)12-14(6,9)11-4/h1-6H3. The van der Waals surface area contributed by atoms with Gasteiger partial charge in [0.1, 0.15) is 7.44 Å². The van der Waals surface area contributed by atoms with Gasteiger partial charge in [0.25, 0.3) is 8.43 Å². The van der Waals surface area contributed by atoms with Crippen molar-refractivity contribution in [3.63, 3.8) is 0 Å². The van der Waals surface area contributed by atoms with E-state index in [0.29, 0.717) is 0 Å². The molecule has 0 aromatic heterocycles. The molecular weight excluding hydrogens is 210 g/mol. The zero-order valence-electron chi connectivity index (χ0n) is 9.88. The van der Waals surface area contributed by atoms with Gasteiger partial charge in [-0.05, 0) is 20.4 Å². The van der Waals surface area contributed by atoms with E-state index in [9.17, 15) is 0 Å². The number of rotatable bonds is 5. The third-order valence-corrected chi connectivity index (χ3v) is 7.75. The Morgan fingerprint density at radius 1 is 1.00 bits per heavy atom. The molecule has 0 aliphatic carbocycles. The minimum Gasteiger partial charge on any atom is -0.426 e. The highest BCUT2D eigenvalue weighted by Gasteiger charge is 2.44. The van der Waals surface area contributed by atoms with Crippen LogP contribution in [0.15, 0.2) is 0 Å². The fourth-order valence-electron chi connectivity index (χ4n) is 0.895. The van der Waals surface area contributed by atoms with Crippen LogP contribution < -0.4 is 0 Å². The highest BCUT2D eigenvalue weighted by atomic mass is 28.4. The van der Waals surface area contributed by atoms with E-state index in [1.807, 2.05) is 20.4 Å². The molecule has 0 spiro atoms. The molecule has 78 valence electrons. The maximum atomic E-state index is 6.06. The molecule has 0 fully saturated rings. The normalized spacial score (nSPS) is 21.3. The largest absolute Gasteiger partial charge is 0.426 e. The summed E-state index contributed by atoms with van der Waals surface area (Å²) in [7, 11) is 10.1. The van der Waals surface area contributed by atoms with Gasteiger partial charge < -0.3 is 13.3 Å². The predicted molar refractivity (Wildman–Crippen MR) is 63.9 cm³/mol. The molecule has 7 heteroatoms. The van der Waals surface area contributed by atoms with E-state index < -0.39 is 21.8 Å². The first kappa shape index (κ1) is 14.4. The van der Waals surface area contributed by atoms with Crippen LogP contribution >= 0.6 is 0 Å². The first-order chi connectivity index (χ1) is 6.08. The summed E-state index contributed by atoms with van der Waals surface area (Å²) >= 11 is 0. The molecule has 2 atom stereocenters. The zero-order chi connectivity index (χ0) is 11.6. The minimum atomic E-state index is -2.56. The molecule has 0 aromatic carbocycles. The highest BCUT2D eigenvalue weighted by molar-refractivity contribution is 7.15. The van der Waals surface area contributed by atoms with Crippen molar-refractivity contribution in [1.29, 1.82) is 0 Å². The molecule has 0 aromatic rings. The van der Waals surface area contributed by atoms with E-state index >= 15 is 0 Å². The average Bonchev–Trinajstić information content (AvgIpc) is 2.02. The van der Waals surface area contributed by atoms with Gasteiger partial charge in [0.15, 0.2) is 8.19 Å². The zero-order valence-corrected chi connectivity index (χ0v) is 11.9. The van der Waals surface area contributed by atoms with E-state index in [4.69, 9.17) is 28.2 Å². The van der Waals surface area contributed by atoms with Gasteiger partial charge in [0, 0.05) is 14.2 Å². The molecule has 0 amide bonds. The van der Waals surface area contributed by atoms with E-state index in [-0.39, 0.29) is 0 Å². The second-order valence-electron chi connectivity index (χ2n) is 4.14. The Morgan fingerprint density at radius 3 is 1.71 bits per heavy atom. The third-order valence-electron chi connectivity index (χ3n) is 2.48. The van der Waals surface area contributed by atoms with E-state index in [1.165, 1.54) is 0 Å². The molecule has 4 radical (unpaired) electrons. The van der Waals surface area contributed by atoms with Crippen LogP contribution in [0.25, 0.3) is 0 Å². The maximum Gasteiger partial charge on any atom is 0.272 e. The van der Waals surface area contributed by atoms with Crippen molar-refractivity contribution in [2.75, 3.05) is 14.2 Å². The molecule has 0 N–H and O–H groups in total. The second-order valence-corrected chi connectivity index (χ2v) is 10.6. The Morgan fingerprint density at radius 2 is 1.43 bits per heavy atom. The highest BCUT2D eigenvalue weighted by Crippen LogP contribution is 2.25. The van der Waals surface area contributed by atoms with Crippen LogP contribution in [0.4, 0.5) is 0 Å². The molecule has 3 nitrogen and oxygen atoms in total. The van der Waals surface area contributed by atoms with Gasteiger partial charge in [0.05, 0.1) is 12.7 Å². The lowest BCUT2D eigenvalue weighted by atomic mass is 10.5. The van der Waals surface area contributed by atoms with Crippen molar-refractivity contribution in [3.05, 3.63) is 0 Å². The molecule has 0 bridgehead atoms. The fourth-order valence-corrected chi connectivity index (χ4v) is 3.90. The summed E-state index contributed by atoms with van der Waals surface area (Å²) < 4.78 is 16.2. The Balaban J connectivity index is 4.64. The summed E-state index contributed by atoms with van der Waals surface area (Å²) in [6.07, 6.45) is 0. The predicted octanol–water partition coefficient (Wildman–Crippen LogP) is 0.591. The molecule has 0 aliphatic heterocycles. The van der Waals surface area contributed by atoms with Gasteiger partial charge in [-0.15, -0.1) is 0 Å². The summed E-state index contributed by atoms with van der Waals surface area (Å²) in [6, 6.07) is 0. The van der Waals surface area contributed by atoms with Gasteiger partial charge in [0.2, 0.25) is 0 Å². The molecule has 0 saturated carbocycles. The van der Waals surface area contributed by atoms with Gasteiger partial charge >= 0.3 is 0 Å². The second kappa shape index (κ2) is 4.53. The van der Waals surface area contributed by atoms with Crippen LogP contribution in [-0.4, -0.2) is 50.9 Å². The van der Waals surface area contributed by atoms with E-state index in [0.717, 1.165) is 0 Å². The minimum absolute atomic E-state index is 0.562. The van der Waals surface area contributed by atoms with Crippen molar-refractivity contribution >= 4 is 31.5 Å². The monoisotopic (exact) mass is 228 g/mol. The Hall–Kier alpha value is 0.444. The van der Waals surface area contributed by atoms with Crippen molar-refractivity contribution in [2.24, 2.45) is 0 Å². The van der Waals surface area contributed by atoms with Crippen LogP contribution in [0.5, 0.6) is 0 Å². The van der Waals surface area contributed by atoms with Crippen molar-refractivity contribution in [1.82, 2.24) is 0 Å². The summed E-state index contributed by atoms with van der Waals surface area (Å²) in [5, 5.41) is -0.562. The van der Waals surface area contributed by atoms with Crippen LogP contribution in [-0.2, 0) is 13.3 Å². The van der Waals surface area contributed by atoms with Crippen LogP contribution in [0.2, 0.25) is 13.1 Å². The van der Waals surface area contributed by atoms with Crippen LogP contribution in [0.1, 0.15) is 13.8 Å². The van der Waals surface area contributed by atoms with Gasteiger partial charge in [-0.2, -0.15) is 0 Å². The van der Waals surface area contributed by atoms with Gasteiger partial charge in [-0.25, -0.2) is 0 Å². The summed E-state index contributed by atoms with van der Waals surface area (Å²) in [6.45, 7) is 7.43. The molecule has 2 unspecified atom stereocenters. The van der Waals surface area contributed by atoms with Crippen LogP contribution in [0, 0.1) is 0 Å². The molecule has 14 heavy (non-hydrogen) atoms. The van der Waals surface area contributed by atoms with Crippen molar-refractivity contribution in [2.45, 2.75) is 32.2 Å². The van der Waals surface area contributed by atoms with Gasteiger partial charge in [-0.1, -0.05) is 6.55 Å². The molecule has 0 aliphatic rings. The lowest BCUT2D eigenvalue weighted by Crippen LogP contribution is -2.62. The summed E-state index contributed by atoms with van der Waals surface area (Å²) in [5.74, 6) is 0. The van der Waals surface area contributed by atoms with Gasteiger partial charge in [-0.3, -0.25) is 0 Å². The first-order valence-electron chi connectivity index (χ1n) is 4.46. The molecule has 0 heterocycles. The third kappa shape index (κ3) is 3.54. The van der Waals surface area contributed by atoms with E-state index in [1.54, 1.807) is 20.8 Å². The summed E-state index contributed by atoms with van der Waals surface area (Å²) in [5.41, 5.74) is 0. The SMILES string of the molecule is [B][Si](C)(OC)OC(C)(C)[Si]([B])(C)OC. The van der Waals surface area contributed by atoms with E-state index in [2.05, 4.69) is 0 Å². The maximum absolute atomic E-state index is 6.06. The fraction of sp³-hybridized carbons (Fsp3) is 1.00. The Labute approximate surface area is 91.6 Å². The molecular formula is C7H18B2O3Si2. The van der Waals surface area contributed by atoms with Crippen molar-refractivity contribution in [3.8, 4) is 0 Å². The lowest BCUT2D eigenvalue weighted by molar-refractivity contribution is 0.116. The van der Waals surface area contributed by atoms with Crippen LogP contribution in [0.3, 0.4) is 0 Å². The Bertz CT molecular complexity index is 197. The topological polar surface area (TPSA) is 27.7 Å². The number of hydrogen-bond donors (Lipinski definition) is 0. The molecule has 0 rings (SSSR count). The first-order valence-corrected chi connectivity index (χ1v) is 9.34. The Kier molecular flexibility index (Phi) is 4.67. The smallest absolute Gasteiger partial charge is 0.272 e.